The van der Waals surface area contributed by atoms with Gasteiger partial charge in [-0.25, -0.2) is 4.79 Å². The van der Waals surface area contributed by atoms with Crippen LogP contribution in [-0.2, 0) is 6.54 Å². The Morgan fingerprint density at radius 3 is 2.57 bits per heavy atom. The van der Waals surface area contributed by atoms with Gasteiger partial charge in [0.25, 0.3) is 11.8 Å². The number of furan rings is 1. The first-order valence-electron chi connectivity index (χ1n) is 6.97. The monoisotopic (exact) mass is 313 g/mol. The van der Waals surface area contributed by atoms with Crippen LogP contribution in [0.3, 0.4) is 0 Å². The van der Waals surface area contributed by atoms with Crippen LogP contribution in [0.25, 0.3) is 11.7 Å². The molecule has 0 unspecified atom stereocenters. The van der Waals surface area contributed by atoms with Crippen molar-refractivity contribution < 1.29 is 13.6 Å². The summed E-state index contributed by atoms with van der Waals surface area (Å²) in [5, 5.41) is 4.10. The van der Waals surface area contributed by atoms with Crippen molar-refractivity contribution >= 4 is 5.91 Å². The maximum Gasteiger partial charge on any atom is 0.437 e. The lowest BCUT2D eigenvalue weighted by Gasteiger charge is -2.10. The van der Waals surface area contributed by atoms with Crippen molar-refractivity contribution in [1.82, 2.24) is 14.7 Å². The number of aromatic nitrogens is 2. The first-order valence-corrected chi connectivity index (χ1v) is 6.97. The molecule has 3 aromatic rings. The minimum atomic E-state index is -0.565. The third-order valence-electron chi connectivity index (χ3n) is 3.28. The molecule has 0 aliphatic heterocycles. The van der Waals surface area contributed by atoms with Crippen molar-refractivity contribution in [2.75, 3.05) is 14.1 Å². The molecule has 0 N–H and O–H groups in total. The number of nitrogens with zero attached hydrogens (tertiary/aromatic N) is 3. The zero-order valence-corrected chi connectivity index (χ0v) is 12.7. The van der Waals surface area contributed by atoms with E-state index in [-0.39, 0.29) is 18.3 Å². The highest BCUT2D eigenvalue weighted by Crippen LogP contribution is 2.15. The van der Waals surface area contributed by atoms with Gasteiger partial charge in [-0.05, 0) is 29.8 Å². The zero-order chi connectivity index (χ0) is 16.4. The van der Waals surface area contributed by atoms with E-state index in [2.05, 4.69) is 5.10 Å². The molecule has 0 saturated heterocycles. The molecule has 0 fully saturated rings. The number of benzene rings is 1. The molecule has 2 aromatic heterocycles. The Hall–Kier alpha value is -3.09. The smallest absolute Gasteiger partial charge is 0.437 e. The SMILES string of the molecule is CN(C)C(=O)c1ccc(Cn2nc(-c3ccco3)oc2=O)cc1. The predicted molar refractivity (Wildman–Crippen MR) is 82.0 cm³/mol. The molecule has 2 heterocycles. The Morgan fingerprint density at radius 2 is 1.96 bits per heavy atom. The molecule has 1 amide bonds. The van der Waals surface area contributed by atoms with Gasteiger partial charge in [0.05, 0.1) is 12.8 Å². The van der Waals surface area contributed by atoms with E-state index in [1.165, 1.54) is 15.8 Å². The van der Waals surface area contributed by atoms with Gasteiger partial charge in [0, 0.05) is 19.7 Å². The molecule has 0 atom stereocenters. The highest BCUT2D eigenvalue weighted by molar-refractivity contribution is 5.93. The average molecular weight is 313 g/mol. The minimum Gasteiger partial charge on any atom is -0.459 e. The number of carbonyl (C=O) groups excluding carboxylic acids is 1. The second-order valence-electron chi connectivity index (χ2n) is 5.20. The van der Waals surface area contributed by atoms with Crippen LogP contribution in [0.15, 0.2) is 56.3 Å². The number of hydrogen-bond donors (Lipinski definition) is 0. The van der Waals surface area contributed by atoms with Crippen LogP contribution in [0, 0.1) is 0 Å². The lowest BCUT2D eigenvalue weighted by molar-refractivity contribution is 0.0827. The lowest BCUT2D eigenvalue weighted by atomic mass is 10.1. The Morgan fingerprint density at radius 1 is 1.22 bits per heavy atom. The summed E-state index contributed by atoms with van der Waals surface area (Å²) in [4.78, 5) is 25.2. The van der Waals surface area contributed by atoms with Crippen molar-refractivity contribution in [3.63, 3.8) is 0 Å². The van der Waals surface area contributed by atoms with Gasteiger partial charge in [0.1, 0.15) is 0 Å². The summed E-state index contributed by atoms with van der Waals surface area (Å²) in [6.07, 6.45) is 1.48. The largest absolute Gasteiger partial charge is 0.459 e. The molecule has 0 radical (unpaired) electrons. The fourth-order valence-corrected chi connectivity index (χ4v) is 2.09. The van der Waals surface area contributed by atoms with Crippen LogP contribution in [0.1, 0.15) is 15.9 Å². The maximum absolute atomic E-state index is 11.8. The molecule has 0 spiro atoms. The van der Waals surface area contributed by atoms with Crippen LogP contribution < -0.4 is 5.76 Å². The fraction of sp³-hybridized carbons (Fsp3) is 0.188. The molecule has 0 aliphatic rings. The topological polar surface area (TPSA) is 81.5 Å². The van der Waals surface area contributed by atoms with E-state index >= 15 is 0 Å². The number of hydrogen-bond acceptors (Lipinski definition) is 5. The van der Waals surface area contributed by atoms with Gasteiger partial charge in [-0.3, -0.25) is 4.79 Å². The molecule has 0 saturated carbocycles. The Bertz CT molecular complexity index is 858. The summed E-state index contributed by atoms with van der Waals surface area (Å²) < 4.78 is 11.4. The summed E-state index contributed by atoms with van der Waals surface area (Å²) in [5.74, 6) is -0.104. The van der Waals surface area contributed by atoms with Crippen LogP contribution >= 0.6 is 0 Å². The zero-order valence-electron chi connectivity index (χ0n) is 12.7. The molecule has 0 bridgehead atoms. The quantitative estimate of drug-likeness (QED) is 0.734. The van der Waals surface area contributed by atoms with E-state index in [4.69, 9.17) is 8.83 Å². The van der Waals surface area contributed by atoms with E-state index in [9.17, 15) is 9.59 Å². The summed E-state index contributed by atoms with van der Waals surface area (Å²) in [6.45, 7) is 0.249. The van der Waals surface area contributed by atoms with E-state index in [1.807, 2.05) is 0 Å². The molecular formula is C16H15N3O4. The van der Waals surface area contributed by atoms with Crippen LogP contribution in [0.2, 0.25) is 0 Å². The van der Waals surface area contributed by atoms with Crippen molar-refractivity contribution in [3.8, 4) is 11.7 Å². The molecular weight excluding hydrogens is 298 g/mol. The standard InChI is InChI=1S/C16H15N3O4/c1-18(2)15(20)12-7-5-11(6-8-12)10-19-16(21)23-14(17-19)13-4-3-9-22-13/h3-9H,10H2,1-2H3. The lowest BCUT2D eigenvalue weighted by Crippen LogP contribution is -2.21. The van der Waals surface area contributed by atoms with Crippen molar-refractivity contribution in [1.29, 1.82) is 0 Å². The molecule has 118 valence electrons. The third kappa shape index (κ3) is 3.08. The normalized spacial score (nSPS) is 10.7. The molecule has 3 rings (SSSR count). The van der Waals surface area contributed by atoms with E-state index in [1.54, 1.807) is 50.5 Å². The average Bonchev–Trinajstić information content (AvgIpc) is 3.18. The van der Waals surface area contributed by atoms with Crippen molar-refractivity contribution in [3.05, 3.63) is 64.3 Å². The predicted octanol–water partition coefficient (Wildman–Crippen LogP) is 1.85. The number of rotatable bonds is 4. The first-order chi connectivity index (χ1) is 11.0. The number of amides is 1. The summed E-state index contributed by atoms with van der Waals surface area (Å²) in [7, 11) is 3.39. The highest BCUT2D eigenvalue weighted by atomic mass is 16.4. The van der Waals surface area contributed by atoms with Gasteiger partial charge < -0.3 is 13.7 Å². The molecule has 7 heteroatoms. The van der Waals surface area contributed by atoms with Crippen LogP contribution in [0.4, 0.5) is 0 Å². The van der Waals surface area contributed by atoms with Crippen molar-refractivity contribution in [2.24, 2.45) is 0 Å². The van der Waals surface area contributed by atoms with Gasteiger partial charge in [-0.1, -0.05) is 12.1 Å². The molecule has 7 nitrogen and oxygen atoms in total. The maximum atomic E-state index is 11.8. The second kappa shape index (κ2) is 5.96. The number of carbonyl (C=O) groups is 1. The minimum absolute atomic E-state index is 0.0738. The summed E-state index contributed by atoms with van der Waals surface area (Å²) >= 11 is 0. The second-order valence-corrected chi connectivity index (χ2v) is 5.20. The summed E-state index contributed by atoms with van der Waals surface area (Å²) in [6, 6.07) is 10.4. The van der Waals surface area contributed by atoms with E-state index in [0.29, 0.717) is 11.3 Å². The van der Waals surface area contributed by atoms with Gasteiger partial charge in [0.15, 0.2) is 5.76 Å². The Balaban J connectivity index is 1.80. The van der Waals surface area contributed by atoms with E-state index < -0.39 is 5.76 Å². The Kier molecular flexibility index (Phi) is 3.84. The first kappa shape index (κ1) is 14.8. The molecule has 23 heavy (non-hydrogen) atoms. The molecule has 0 aliphatic carbocycles. The fourth-order valence-electron chi connectivity index (χ4n) is 2.09. The molecule has 1 aromatic carbocycles. The van der Waals surface area contributed by atoms with Gasteiger partial charge in [-0.15, -0.1) is 5.10 Å². The van der Waals surface area contributed by atoms with Crippen molar-refractivity contribution in [2.45, 2.75) is 6.54 Å². The summed E-state index contributed by atoms with van der Waals surface area (Å²) in [5.41, 5.74) is 1.42. The highest BCUT2D eigenvalue weighted by Gasteiger charge is 2.13. The van der Waals surface area contributed by atoms with Gasteiger partial charge in [-0.2, -0.15) is 4.68 Å². The van der Waals surface area contributed by atoms with Gasteiger partial charge >= 0.3 is 5.76 Å². The Labute approximate surface area is 131 Å². The third-order valence-corrected chi connectivity index (χ3v) is 3.28. The van der Waals surface area contributed by atoms with Crippen LogP contribution in [0.5, 0.6) is 0 Å². The van der Waals surface area contributed by atoms with Crippen LogP contribution in [-0.4, -0.2) is 34.7 Å². The van der Waals surface area contributed by atoms with E-state index in [0.717, 1.165) is 5.56 Å². The van der Waals surface area contributed by atoms with Gasteiger partial charge in [0.2, 0.25) is 0 Å².